The predicted octanol–water partition coefficient (Wildman–Crippen LogP) is 4.38. The number of halogens is 2. The molecule has 0 aliphatic rings. The first-order valence-corrected chi connectivity index (χ1v) is 8.67. The third-order valence-electron chi connectivity index (χ3n) is 4.37. The molecule has 0 radical (unpaired) electrons. The zero-order chi connectivity index (χ0) is 21.1. The smallest absolute Gasteiger partial charge is 0.339 e. The number of nitrogens with zero attached hydrogens (tertiary/aromatic N) is 2. The fourth-order valence-corrected chi connectivity index (χ4v) is 3.04. The second-order valence-electron chi connectivity index (χ2n) is 6.07. The molecule has 2 aromatic carbocycles. The normalized spacial score (nSPS) is 12.1. The molecule has 0 aliphatic carbocycles. The van der Waals surface area contributed by atoms with Gasteiger partial charge in [-0.15, -0.1) is 0 Å². The number of alkyl halides is 2. The van der Waals surface area contributed by atoms with Crippen LogP contribution in [-0.2, 0) is 4.74 Å². The lowest BCUT2D eigenvalue weighted by molar-refractivity contribution is 0.0232. The third kappa shape index (κ3) is 3.80. The Kier molecular flexibility index (Phi) is 5.86. The molecule has 0 saturated carbocycles. The lowest BCUT2D eigenvalue weighted by Crippen LogP contribution is -2.15. The first-order chi connectivity index (χ1) is 13.9. The molecule has 0 bridgehead atoms. The zero-order valence-corrected chi connectivity index (χ0v) is 16.3. The van der Waals surface area contributed by atoms with Crippen molar-refractivity contribution in [1.82, 2.24) is 9.55 Å². The summed E-state index contributed by atoms with van der Waals surface area (Å²) in [6.07, 6.45) is -1.03. The third-order valence-corrected chi connectivity index (χ3v) is 4.37. The van der Waals surface area contributed by atoms with E-state index in [1.165, 1.54) is 46.5 Å². The minimum absolute atomic E-state index is 0.0537. The van der Waals surface area contributed by atoms with Crippen molar-refractivity contribution in [3.05, 3.63) is 47.8 Å². The number of aromatic nitrogens is 2. The minimum Gasteiger partial charge on any atom is -0.493 e. The Bertz CT molecular complexity index is 1010. The van der Waals surface area contributed by atoms with Gasteiger partial charge in [0.25, 0.3) is 0 Å². The van der Waals surface area contributed by atoms with E-state index in [0.29, 0.717) is 11.3 Å². The van der Waals surface area contributed by atoms with Crippen LogP contribution in [0.15, 0.2) is 36.4 Å². The van der Waals surface area contributed by atoms with Crippen molar-refractivity contribution in [3.63, 3.8) is 0 Å². The Hall–Kier alpha value is -3.36. The van der Waals surface area contributed by atoms with Gasteiger partial charge < -0.3 is 18.9 Å². The van der Waals surface area contributed by atoms with Gasteiger partial charge in [-0.1, -0.05) is 12.1 Å². The number of fused-ring (bicyclic) bond motifs is 1. The number of ether oxygens (including phenoxy) is 4. The fourth-order valence-electron chi connectivity index (χ4n) is 3.04. The molecule has 0 aliphatic heterocycles. The highest BCUT2D eigenvalue weighted by molar-refractivity contribution is 5.91. The van der Waals surface area contributed by atoms with Gasteiger partial charge in [0.05, 0.1) is 37.9 Å². The zero-order valence-electron chi connectivity index (χ0n) is 16.3. The molecule has 1 unspecified atom stereocenters. The number of carbonyl (C=O) groups is 1. The monoisotopic (exact) mass is 406 g/mol. The maximum Gasteiger partial charge on any atom is 0.339 e. The lowest BCUT2D eigenvalue weighted by Gasteiger charge is -2.17. The van der Waals surface area contributed by atoms with E-state index in [9.17, 15) is 13.6 Å². The Morgan fingerprint density at radius 3 is 2.21 bits per heavy atom. The Morgan fingerprint density at radius 1 is 1.03 bits per heavy atom. The van der Waals surface area contributed by atoms with Crippen LogP contribution < -0.4 is 14.2 Å². The average Bonchev–Trinajstić information content (AvgIpc) is 3.12. The molecule has 154 valence electrons. The minimum atomic E-state index is -2.83. The largest absolute Gasteiger partial charge is 0.493 e. The van der Waals surface area contributed by atoms with Gasteiger partial charge in [0.1, 0.15) is 0 Å². The number of benzene rings is 2. The Labute approximate surface area is 165 Å². The van der Waals surface area contributed by atoms with Crippen LogP contribution in [0.3, 0.4) is 0 Å². The number of carbonyl (C=O) groups excluding carboxylic acids is 1. The molecule has 7 nitrogen and oxygen atoms in total. The van der Waals surface area contributed by atoms with Gasteiger partial charge >= 0.3 is 12.5 Å². The molecule has 0 spiro atoms. The van der Waals surface area contributed by atoms with Gasteiger partial charge in [0.2, 0.25) is 5.75 Å². The van der Waals surface area contributed by atoms with E-state index < -0.39 is 18.6 Å². The highest BCUT2D eigenvalue weighted by Gasteiger charge is 2.26. The van der Waals surface area contributed by atoms with Crippen LogP contribution in [0, 0.1) is 0 Å². The molecule has 3 aromatic rings. The van der Waals surface area contributed by atoms with Crippen LogP contribution >= 0.6 is 0 Å². The molecule has 29 heavy (non-hydrogen) atoms. The van der Waals surface area contributed by atoms with Gasteiger partial charge in [-0.2, -0.15) is 8.78 Å². The average molecular weight is 406 g/mol. The first-order valence-electron chi connectivity index (χ1n) is 8.67. The topological polar surface area (TPSA) is 71.8 Å². The molecule has 0 amide bonds. The summed E-state index contributed by atoms with van der Waals surface area (Å²) in [6.45, 7) is -1.35. The van der Waals surface area contributed by atoms with E-state index in [2.05, 4.69) is 4.98 Å². The van der Waals surface area contributed by atoms with Crippen LogP contribution in [0.5, 0.6) is 17.2 Å². The summed E-state index contributed by atoms with van der Waals surface area (Å²) in [5, 5.41) is 0. The summed E-state index contributed by atoms with van der Waals surface area (Å²) in [5.41, 5.74) is 0.762. The second-order valence-corrected chi connectivity index (χ2v) is 6.07. The van der Waals surface area contributed by atoms with Gasteiger partial charge in [-0.25, -0.2) is 9.78 Å². The SMILES string of the molecule is COc1cc(C(=O)OC(C)c2nc3ccccc3n2C(F)F)cc(OC)c1OC. The van der Waals surface area contributed by atoms with Crippen molar-refractivity contribution in [2.75, 3.05) is 21.3 Å². The number of rotatable bonds is 7. The lowest BCUT2D eigenvalue weighted by atomic mass is 10.2. The number of imidazole rings is 1. The van der Waals surface area contributed by atoms with Crippen molar-refractivity contribution < 1.29 is 32.5 Å². The second kappa shape index (κ2) is 8.34. The van der Waals surface area contributed by atoms with Crippen molar-refractivity contribution in [2.45, 2.75) is 19.6 Å². The molecule has 9 heteroatoms. The van der Waals surface area contributed by atoms with Crippen LogP contribution in [0.1, 0.15) is 35.8 Å². The summed E-state index contributed by atoms with van der Waals surface area (Å²) in [6, 6.07) is 9.33. The highest BCUT2D eigenvalue weighted by Crippen LogP contribution is 2.38. The number of esters is 1. The number of methoxy groups -OCH3 is 3. The molecule has 1 heterocycles. The maximum absolute atomic E-state index is 13.6. The molecule has 1 aromatic heterocycles. The summed E-state index contributed by atoms with van der Waals surface area (Å²) in [5.74, 6) is 0.0586. The number of hydrogen-bond donors (Lipinski definition) is 0. The Balaban J connectivity index is 1.94. The molecule has 0 N–H and O–H groups in total. The van der Waals surface area contributed by atoms with Gasteiger partial charge in [-0.3, -0.25) is 4.57 Å². The molecular formula is C20H20F2N2O5. The molecule has 1 atom stereocenters. The van der Waals surface area contributed by atoms with Gasteiger partial charge in [-0.05, 0) is 31.2 Å². The van der Waals surface area contributed by atoms with Crippen molar-refractivity contribution in [1.29, 1.82) is 0 Å². The molecule has 0 fully saturated rings. The maximum atomic E-state index is 13.6. The van der Waals surface area contributed by atoms with Crippen LogP contribution in [0.25, 0.3) is 11.0 Å². The van der Waals surface area contributed by atoms with Gasteiger partial charge in [0, 0.05) is 0 Å². The summed E-state index contributed by atoms with van der Waals surface area (Å²) in [7, 11) is 4.27. The van der Waals surface area contributed by atoms with Crippen LogP contribution in [0.4, 0.5) is 8.78 Å². The summed E-state index contributed by atoms with van der Waals surface area (Å²) in [4.78, 5) is 16.9. The number of para-hydroxylation sites is 2. The van der Waals surface area contributed by atoms with E-state index in [4.69, 9.17) is 18.9 Å². The van der Waals surface area contributed by atoms with Crippen molar-refractivity contribution in [2.24, 2.45) is 0 Å². The van der Waals surface area contributed by atoms with E-state index in [1.807, 2.05) is 0 Å². The van der Waals surface area contributed by atoms with Gasteiger partial charge in [0.15, 0.2) is 23.4 Å². The fraction of sp³-hybridized carbons (Fsp3) is 0.300. The number of hydrogen-bond acceptors (Lipinski definition) is 6. The quantitative estimate of drug-likeness (QED) is 0.543. The van der Waals surface area contributed by atoms with Crippen LogP contribution in [0.2, 0.25) is 0 Å². The van der Waals surface area contributed by atoms with Crippen molar-refractivity contribution in [3.8, 4) is 17.2 Å². The Morgan fingerprint density at radius 2 is 1.66 bits per heavy atom. The summed E-state index contributed by atoms with van der Waals surface area (Å²) >= 11 is 0. The van der Waals surface area contributed by atoms with E-state index in [0.717, 1.165) is 4.57 Å². The van der Waals surface area contributed by atoms with Crippen molar-refractivity contribution >= 4 is 17.0 Å². The standard InChI is InChI=1S/C20H20F2N2O5/c1-11(18-23-13-7-5-6-8-14(13)24(18)20(21)22)29-19(25)12-9-15(26-2)17(28-4)16(10-12)27-3/h5-11,20H,1-4H3. The van der Waals surface area contributed by atoms with E-state index in [1.54, 1.807) is 18.2 Å². The van der Waals surface area contributed by atoms with E-state index in [-0.39, 0.29) is 28.4 Å². The van der Waals surface area contributed by atoms with E-state index >= 15 is 0 Å². The summed E-state index contributed by atoms with van der Waals surface area (Å²) < 4.78 is 49.1. The molecule has 0 saturated heterocycles. The predicted molar refractivity (Wildman–Crippen MR) is 101 cm³/mol. The first kappa shape index (κ1) is 20.4. The molecule has 3 rings (SSSR count). The highest BCUT2D eigenvalue weighted by atomic mass is 19.3. The van der Waals surface area contributed by atoms with Crippen LogP contribution in [-0.4, -0.2) is 36.8 Å². The molecular weight excluding hydrogens is 386 g/mol.